The topological polar surface area (TPSA) is 63.2 Å². The van der Waals surface area contributed by atoms with Gasteiger partial charge in [-0.2, -0.15) is 0 Å². The van der Waals surface area contributed by atoms with Gasteiger partial charge in [0.1, 0.15) is 5.85 Å². The lowest BCUT2D eigenvalue weighted by Gasteiger charge is -2.30. The lowest BCUT2D eigenvalue weighted by Crippen LogP contribution is -2.40. The van der Waals surface area contributed by atoms with Crippen molar-refractivity contribution in [3.8, 4) is 0 Å². The van der Waals surface area contributed by atoms with Crippen molar-refractivity contribution in [3.05, 3.63) is 0 Å². The molecule has 19 heavy (non-hydrogen) atoms. The van der Waals surface area contributed by atoms with Crippen LogP contribution < -0.4 is 0 Å². The molecule has 0 bridgehead atoms. The summed E-state index contributed by atoms with van der Waals surface area (Å²) in [6, 6.07) is 0. The number of hydrogen-bond acceptors (Lipinski definition) is 6. The van der Waals surface area contributed by atoms with Crippen LogP contribution in [0.1, 0.15) is 40.5 Å². The summed E-state index contributed by atoms with van der Waals surface area (Å²) < 4.78 is 39.7. The van der Waals surface area contributed by atoms with Gasteiger partial charge in [0.2, 0.25) is 0 Å². The Bertz CT molecular complexity index is 293. The van der Waals surface area contributed by atoms with E-state index >= 15 is 0 Å². The van der Waals surface area contributed by atoms with Crippen LogP contribution in [0.5, 0.6) is 0 Å². The molecule has 0 aromatic heterocycles. The summed E-state index contributed by atoms with van der Waals surface area (Å²) in [7, 11) is -4.10. The summed E-state index contributed by atoms with van der Waals surface area (Å²) in [4.78, 5) is 0. The SMILES string of the molecule is CCOP(=O)(OCC)C(CC)OB1OCCC(C)O1. The third kappa shape index (κ3) is 5.18. The molecule has 0 saturated carbocycles. The van der Waals surface area contributed by atoms with Gasteiger partial charge >= 0.3 is 14.9 Å². The van der Waals surface area contributed by atoms with Crippen LogP contribution in [0.25, 0.3) is 0 Å². The lowest BCUT2D eigenvalue weighted by atomic mass is 10.1. The highest BCUT2D eigenvalue weighted by atomic mass is 31.2. The molecule has 1 aliphatic heterocycles. The Kier molecular flexibility index (Phi) is 7.58. The van der Waals surface area contributed by atoms with Crippen molar-refractivity contribution in [2.75, 3.05) is 19.8 Å². The third-order valence-electron chi connectivity index (χ3n) is 2.71. The van der Waals surface area contributed by atoms with Gasteiger partial charge in [-0.05, 0) is 33.6 Å². The van der Waals surface area contributed by atoms with Gasteiger partial charge in [0.25, 0.3) is 0 Å². The van der Waals surface area contributed by atoms with E-state index in [1.807, 2.05) is 13.8 Å². The molecule has 0 spiro atoms. The predicted molar refractivity (Wildman–Crippen MR) is 72.9 cm³/mol. The van der Waals surface area contributed by atoms with E-state index in [0.29, 0.717) is 26.2 Å². The first-order valence-corrected chi connectivity index (χ1v) is 8.48. The van der Waals surface area contributed by atoms with Crippen molar-refractivity contribution in [3.63, 3.8) is 0 Å². The van der Waals surface area contributed by atoms with Crippen molar-refractivity contribution in [2.45, 2.75) is 52.5 Å². The zero-order chi connectivity index (χ0) is 14.3. The predicted octanol–water partition coefficient (Wildman–Crippen LogP) is 2.82. The van der Waals surface area contributed by atoms with E-state index in [0.717, 1.165) is 6.42 Å². The average Bonchev–Trinajstić information content (AvgIpc) is 2.36. The minimum Gasteiger partial charge on any atom is -0.386 e. The second-order valence-corrected chi connectivity index (χ2v) is 6.44. The summed E-state index contributed by atoms with van der Waals surface area (Å²) in [5.41, 5.74) is 0. The summed E-state index contributed by atoms with van der Waals surface area (Å²) in [6.07, 6.45) is 1.38. The highest BCUT2D eigenvalue weighted by molar-refractivity contribution is 7.54. The van der Waals surface area contributed by atoms with Crippen molar-refractivity contribution >= 4 is 14.9 Å². The van der Waals surface area contributed by atoms with Crippen LogP contribution in [0.4, 0.5) is 0 Å². The molecular formula is C11H24BO6P. The van der Waals surface area contributed by atoms with Crippen LogP contribution in [0.3, 0.4) is 0 Å². The van der Waals surface area contributed by atoms with Crippen LogP contribution in [-0.2, 0) is 27.6 Å². The van der Waals surface area contributed by atoms with E-state index in [9.17, 15) is 4.57 Å². The molecule has 0 radical (unpaired) electrons. The Morgan fingerprint density at radius 2 is 1.95 bits per heavy atom. The molecule has 0 aliphatic carbocycles. The van der Waals surface area contributed by atoms with E-state index in [2.05, 4.69) is 0 Å². The molecule has 6 nitrogen and oxygen atoms in total. The Balaban J connectivity index is 2.65. The zero-order valence-electron chi connectivity index (χ0n) is 12.2. The maximum absolute atomic E-state index is 12.6. The van der Waals surface area contributed by atoms with Crippen molar-refractivity contribution in [2.24, 2.45) is 0 Å². The minimum atomic E-state index is -3.30. The summed E-state index contributed by atoms with van der Waals surface area (Å²) in [6.45, 7) is 8.53. The normalized spacial score (nSPS) is 22.5. The third-order valence-corrected chi connectivity index (χ3v) is 5.14. The van der Waals surface area contributed by atoms with Gasteiger partial charge in [0.15, 0.2) is 0 Å². The van der Waals surface area contributed by atoms with Gasteiger partial charge in [-0.1, -0.05) is 6.92 Å². The Hall–Kier alpha value is 0.0949. The fourth-order valence-electron chi connectivity index (χ4n) is 1.78. The van der Waals surface area contributed by atoms with E-state index < -0.39 is 20.8 Å². The van der Waals surface area contributed by atoms with E-state index in [-0.39, 0.29) is 6.10 Å². The Morgan fingerprint density at radius 3 is 2.42 bits per heavy atom. The van der Waals surface area contributed by atoms with Crippen LogP contribution in [0.2, 0.25) is 0 Å². The Labute approximate surface area is 115 Å². The first-order chi connectivity index (χ1) is 9.05. The average molecular weight is 294 g/mol. The highest BCUT2D eigenvalue weighted by Crippen LogP contribution is 2.54. The van der Waals surface area contributed by atoms with E-state index in [1.165, 1.54) is 0 Å². The molecule has 2 unspecified atom stereocenters. The maximum atomic E-state index is 12.6. The summed E-state index contributed by atoms with van der Waals surface area (Å²) in [5, 5.41) is 0. The molecule has 8 heteroatoms. The summed E-state index contributed by atoms with van der Waals surface area (Å²) >= 11 is 0. The van der Waals surface area contributed by atoms with Gasteiger partial charge in [-0.25, -0.2) is 0 Å². The van der Waals surface area contributed by atoms with Crippen LogP contribution in [-0.4, -0.2) is 39.1 Å². The van der Waals surface area contributed by atoms with Crippen LogP contribution >= 0.6 is 7.60 Å². The molecule has 1 rings (SSSR count). The first-order valence-electron chi connectivity index (χ1n) is 6.87. The molecule has 1 heterocycles. The number of rotatable bonds is 8. The quantitative estimate of drug-likeness (QED) is 0.506. The standard InChI is InChI=1S/C11H24BO6P/c1-5-11(19(13,15-6-2)16-7-3)18-12-14-9-8-10(4)17-12/h10-11H,5-9H2,1-4H3. The van der Waals surface area contributed by atoms with Crippen LogP contribution in [0, 0.1) is 0 Å². The van der Waals surface area contributed by atoms with Crippen molar-refractivity contribution < 1.29 is 27.6 Å². The second kappa shape index (κ2) is 8.40. The lowest BCUT2D eigenvalue weighted by molar-refractivity contribution is 0.00205. The van der Waals surface area contributed by atoms with E-state index in [1.54, 1.807) is 13.8 Å². The monoisotopic (exact) mass is 294 g/mol. The molecule has 1 aliphatic rings. The first kappa shape index (κ1) is 17.1. The molecule has 0 N–H and O–H groups in total. The van der Waals surface area contributed by atoms with E-state index in [4.69, 9.17) is 23.0 Å². The smallest absolute Gasteiger partial charge is 0.386 e. The van der Waals surface area contributed by atoms with Gasteiger partial charge in [0.05, 0.1) is 13.2 Å². The van der Waals surface area contributed by atoms with Gasteiger partial charge < -0.3 is 23.0 Å². The molecule has 1 saturated heterocycles. The van der Waals surface area contributed by atoms with Crippen LogP contribution in [0.15, 0.2) is 0 Å². The summed E-state index contributed by atoms with van der Waals surface area (Å²) in [5.74, 6) is -0.678. The van der Waals surface area contributed by atoms with Gasteiger partial charge in [-0.3, -0.25) is 4.57 Å². The zero-order valence-corrected chi connectivity index (χ0v) is 13.1. The van der Waals surface area contributed by atoms with Crippen molar-refractivity contribution in [1.82, 2.24) is 0 Å². The molecule has 1 fully saturated rings. The highest BCUT2D eigenvalue weighted by Gasteiger charge is 2.41. The molecule has 0 aromatic rings. The second-order valence-electron chi connectivity index (χ2n) is 4.27. The fraction of sp³-hybridized carbons (Fsp3) is 1.00. The largest absolute Gasteiger partial charge is 0.640 e. The van der Waals surface area contributed by atoms with Gasteiger partial charge in [0, 0.05) is 12.7 Å². The molecule has 0 amide bonds. The molecule has 0 aromatic carbocycles. The van der Waals surface area contributed by atoms with Gasteiger partial charge in [-0.15, -0.1) is 0 Å². The fourth-order valence-corrected chi connectivity index (χ4v) is 3.61. The minimum absolute atomic E-state index is 0.0647. The number of hydrogen-bond donors (Lipinski definition) is 0. The maximum Gasteiger partial charge on any atom is 0.640 e. The molecule has 112 valence electrons. The molecule has 2 atom stereocenters. The molecular weight excluding hydrogens is 270 g/mol. The van der Waals surface area contributed by atoms with Crippen molar-refractivity contribution in [1.29, 1.82) is 0 Å². The Morgan fingerprint density at radius 1 is 1.32 bits per heavy atom.